The van der Waals surface area contributed by atoms with Gasteiger partial charge in [-0.25, -0.2) is 9.37 Å². The maximum Gasteiger partial charge on any atom is 0.271 e. The molecule has 3 aromatic carbocycles. The standard InChI is InChI=1S/C23H17FN4O4S/c1-14(21(29)25-15-7-6-8-16(13-15)28(31)32)33-23-26-19-11-4-2-9-17(19)22(30)27(23)20-12-5-3-10-18(20)24/h2-14H,1H3,(H,25,29). The number of non-ortho nitro benzene ring substituents is 1. The highest BCUT2D eigenvalue weighted by Gasteiger charge is 2.22. The van der Waals surface area contributed by atoms with Crippen LogP contribution in [-0.2, 0) is 4.79 Å². The maximum absolute atomic E-state index is 14.6. The molecule has 166 valence electrons. The van der Waals surface area contributed by atoms with E-state index in [0.29, 0.717) is 10.9 Å². The fourth-order valence-electron chi connectivity index (χ4n) is 3.19. The van der Waals surface area contributed by atoms with Crippen molar-refractivity contribution < 1.29 is 14.1 Å². The molecule has 0 fully saturated rings. The molecule has 0 saturated heterocycles. The van der Waals surface area contributed by atoms with E-state index in [1.807, 2.05) is 0 Å². The molecule has 10 heteroatoms. The van der Waals surface area contributed by atoms with Gasteiger partial charge in [-0.2, -0.15) is 0 Å². The first-order valence-electron chi connectivity index (χ1n) is 9.84. The summed E-state index contributed by atoms with van der Waals surface area (Å²) in [5, 5.41) is 13.3. The monoisotopic (exact) mass is 464 g/mol. The number of nitrogens with one attached hydrogen (secondary N) is 1. The van der Waals surface area contributed by atoms with E-state index in [0.717, 1.165) is 16.3 Å². The number of carbonyl (C=O) groups excluding carboxylic acids is 1. The van der Waals surface area contributed by atoms with Crippen LogP contribution in [0.1, 0.15) is 6.92 Å². The number of benzene rings is 3. The van der Waals surface area contributed by atoms with Crippen molar-refractivity contribution in [2.24, 2.45) is 0 Å². The molecule has 0 spiro atoms. The van der Waals surface area contributed by atoms with Crippen LogP contribution >= 0.6 is 11.8 Å². The molecule has 1 amide bonds. The number of para-hydroxylation sites is 2. The molecule has 0 aliphatic carbocycles. The van der Waals surface area contributed by atoms with Crippen molar-refractivity contribution >= 4 is 39.9 Å². The number of halogens is 1. The van der Waals surface area contributed by atoms with Crippen LogP contribution in [0.5, 0.6) is 0 Å². The van der Waals surface area contributed by atoms with Crippen LogP contribution in [-0.4, -0.2) is 25.6 Å². The molecule has 1 unspecified atom stereocenters. The lowest BCUT2D eigenvalue weighted by atomic mass is 10.2. The number of anilines is 1. The normalized spacial score (nSPS) is 11.8. The van der Waals surface area contributed by atoms with Gasteiger partial charge < -0.3 is 5.32 Å². The molecule has 1 heterocycles. The van der Waals surface area contributed by atoms with Gasteiger partial charge in [-0.1, -0.05) is 42.1 Å². The van der Waals surface area contributed by atoms with Gasteiger partial charge in [-0.15, -0.1) is 0 Å². The van der Waals surface area contributed by atoms with E-state index in [4.69, 9.17) is 0 Å². The van der Waals surface area contributed by atoms with Gasteiger partial charge in [0.2, 0.25) is 5.91 Å². The molecule has 4 rings (SSSR count). The van der Waals surface area contributed by atoms with E-state index in [2.05, 4.69) is 10.3 Å². The highest BCUT2D eigenvalue weighted by molar-refractivity contribution is 8.00. The predicted molar refractivity (Wildman–Crippen MR) is 124 cm³/mol. The molecule has 0 aliphatic rings. The number of thioether (sulfide) groups is 1. The Balaban J connectivity index is 1.70. The van der Waals surface area contributed by atoms with E-state index in [-0.39, 0.29) is 22.2 Å². The van der Waals surface area contributed by atoms with Gasteiger partial charge in [-0.05, 0) is 37.3 Å². The number of rotatable bonds is 6. The summed E-state index contributed by atoms with van der Waals surface area (Å²) in [6.45, 7) is 1.60. The third kappa shape index (κ3) is 4.60. The molecular formula is C23H17FN4O4S. The van der Waals surface area contributed by atoms with Crippen molar-refractivity contribution in [3.63, 3.8) is 0 Å². The number of nitrogens with zero attached hydrogens (tertiary/aromatic N) is 3. The summed E-state index contributed by atoms with van der Waals surface area (Å²) in [5.41, 5.74) is 0.0928. The number of aromatic nitrogens is 2. The van der Waals surface area contributed by atoms with Crippen LogP contribution in [0, 0.1) is 15.9 Å². The molecular weight excluding hydrogens is 447 g/mol. The Morgan fingerprint density at radius 3 is 2.61 bits per heavy atom. The zero-order valence-electron chi connectivity index (χ0n) is 17.3. The zero-order valence-corrected chi connectivity index (χ0v) is 18.1. The molecule has 0 radical (unpaired) electrons. The molecule has 1 aromatic heterocycles. The van der Waals surface area contributed by atoms with Crippen LogP contribution in [0.15, 0.2) is 82.7 Å². The summed E-state index contributed by atoms with van der Waals surface area (Å²) in [5.74, 6) is -1.06. The fraction of sp³-hybridized carbons (Fsp3) is 0.0870. The average molecular weight is 464 g/mol. The molecule has 1 atom stereocenters. The number of hydrogen-bond donors (Lipinski definition) is 1. The minimum atomic E-state index is -0.754. The molecule has 0 bridgehead atoms. The van der Waals surface area contributed by atoms with E-state index < -0.39 is 27.5 Å². The Labute approximate surface area is 191 Å². The Morgan fingerprint density at radius 1 is 1.12 bits per heavy atom. The summed E-state index contributed by atoms with van der Waals surface area (Å²) in [4.78, 5) is 40.9. The lowest BCUT2D eigenvalue weighted by Gasteiger charge is -2.17. The first-order chi connectivity index (χ1) is 15.8. The highest BCUT2D eigenvalue weighted by atomic mass is 32.2. The first-order valence-corrected chi connectivity index (χ1v) is 10.7. The minimum Gasteiger partial charge on any atom is -0.325 e. The number of carbonyl (C=O) groups is 1. The van der Waals surface area contributed by atoms with Gasteiger partial charge in [0.25, 0.3) is 11.2 Å². The summed E-state index contributed by atoms with van der Waals surface area (Å²) < 4.78 is 15.7. The lowest BCUT2D eigenvalue weighted by Crippen LogP contribution is -2.26. The van der Waals surface area contributed by atoms with Crippen LogP contribution in [0.2, 0.25) is 0 Å². The van der Waals surface area contributed by atoms with Gasteiger partial charge in [0, 0.05) is 17.8 Å². The first kappa shape index (κ1) is 22.2. The summed E-state index contributed by atoms with van der Waals surface area (Å²) in [6.07, 6.45) is 0. The second-order valence-electron chi connectivity index (χ2n) is 7.06. The van der Waals surface area contributed by atoms with Crippen molar-refractivity contribution in [1.82, 2.24) is 9.55 Å². The number of amides is 1. The number of nitro benzene ring substituents is 1. The SMILES string of the molecule is CC(Sc1nc2ccccc2c(=O)n1-c1ccccc1F)C(=O)Nc1cccc([N+](=O)[O-])c1. The zero-order chi connectivity index (χ0) is 23.5. The van der Waals surface area contributed by atoms with Crippen molar-refractivity contribution in [3.8, 4) is 5.69 Å². The topological polar surface area (TPSA) is 107 Å². The van der Waals surface area contributed by atoms with E-state index in [9.17, 15) is 24.1 Å². The van der Waals surface area contributed by atoms with Crippen molar-refractivity contribution in [2.45, 2.75) is 17.3 Å². The van der Waals surface area contributed by atoms with Crippen molar-refractivity contribution in [3.05, 3.63) is 99.1 Å². The quantitative estimate of drug-likeness (QED) is 0.194. The van der Waals surface area contributed by atoms with Crippen molar-refractivity contribution in [1.29, 1.82) is 0 Å². The summed E-state index contributed by atoms with van der Waals surface area (Å²) >= 11 is 0.980. The Hall–Kier alpha value is -4.05. The van der Waals surface area contributed by atoms with Crippen LogP contribution in [0.4, 0.5) is 15.8 Å². The van der Waals surface area contributed by atoms with Crippen molar-refractivity contribution in [2.75, 3.05) is 5.32 Å². The van der Waals surface area contributed by atoms with E-state index in [1.165, 1.54) is 42.5 Å². The second kappa shape index (κ2) is 9.21. The third-order valence-electron chi connectivity index (χ3n) is 4.81. The predicted octanol–water partition coefficient (Wildman–Crippen LogP) is 4.55. The number of nitro groups is 1. The van der Waals surface area contributed by atoms with E-state index >= 15 is 0 Å². The van der Waals surface area contributed by atoms with Gasteiger partial charge in [0.15, 0.2) is 5.16 Å². The van der Waals surface area contributed by atoms with Gasteiger partial charge in [-0.3, -0.25) is 24.3 Å². The second-order valence-corrected chi connectivity index (χ2v) is 8.37. The fourth-order valence-corrected chi connectivity index (χ4v) is 4.11. The largest absolute Gasteiger partial charge is 0.325 e. The van der Waals surface area contributed by atoms with E-state index in [1.54, 1.807) is 37.3 Å². The van der Waals surface area contributed by atoms with Crippen LogP contribution in [0.3, 0.4) is 0 Å². The molecule has 1 N–H and O–H groups in total. The summed E-state index contributed by atoms with van der Waals surface area (Å²) in [6, 6.07) is 18.1. The number of hydrogen-bond acceptors (Lipinski definition) is 6. The van der Waals surface area contributed by atoms with Gasteiger partial charge >= 0.3 is 0 Å². The Kier molecular flexibility index (Phi) is 6.18. The molecule has 8 nitrogen and oxygen atoms in total. The lowest BCUT2D eigenvalue weighted by molar-refractivity contribution is -0.384. The van der Waals surface area contributed by atoms with Crippen LogP contribution < -0.4 is 10.9 Å². The average Bonchev–Trinajstić information content (AvgIpc) is 2.80. The Bertz CT molecular complexity index is 1440. The molecule has 33 heavy (non-hydrogen) atoms. The molecule has 4 aromatic rings. The summed E-state index contributed by atoms with van der Waals surface area (Å²) in [7, 11) is 0. The number of fused-ring (bicyclic) bond motifs is 1. The Morgan fingerprint density at radius 2 is 1.85 bits per heavy atom. The van der Waals surface area contributed by atoms with Gasteiger partial charge in [0.1, 0.15) is 5.82 Å². The highest BCUT2D eigenvalue weighted by Crippen LogP contribution is 2.27. The molecule has 0 saturated carbocycles. The van der Waals surface area contributed by atoms with Gasteiger partial charge in [0.05, 0.1) is 26.8 Å². The molecule has 0 aliphatic heterocycles. The van der Waals surface area contributed by atoms with Crippen LogP contribution in [0.25, 0.3) is 16.6 Å². The minimum absolute atomic E-state index is 0.0227. The smallest absolute Gasteiger partial charge is 0.271 e. The maximum atomic E-state index is 14.6. The third-order valence-corrected chi connectivity index (χ3v) is 5.87.